The van der Waals surface area contributed by atoms with Crippen molar-refractivity contribution in [2.45, 2.75) is 52.5 Å². The number of hydrogen-bond donors (Lipinski definition) is 2. The molecule has 0 radical (unpaired) electrons. The normalized spacial score (nSPS) is 18.0. The zero-order valence-corrected chi connectivity index (χ0v) is 15.3. The third-order valence-corrected chi connectivity index (χ3v) is 5.26. The van der Waals surface area contributed by atoms with Crippen molar-refractivity contribution in [2.24, 2.45) is 5.41 Å². The number of rotatable bonds is 5. The van der Waals surface area contributed by atoms with Crippen LogP contribution in [-0.2, 0) is 12.8 Å². The van der Waals surface area contributed by atoms with Gasteiger partial charge in [-0.25, -0.2) is 4.79 Å². The zero-order valence-electron chi connectivity index (χ0n) is 15.3. The van der Waals surface area contributed by atoms with Crippen LogP contribution in [-0.4, -0.2) is 11.2 Å². The van der Waals surface area contributed by atoms with Gasteiger partial charge in [0.15, 0.2) is 0 Å². The second-order valence-electron chi connectivity index (χ2n) is 7.76. The number of carbonyl (C=O) groups is 1. The van der Waals surface area contributed by atoms with Gasteiger partial charge in [0.05, 0.1) is 6.04 Å². The maximum Gasteiger partial charge on any atom is 0.405 e. The minimum absolute atomic E-state index is 0.108. The van der Waals surface area contributed by atoms with Crippen molar-refractivity contribution >= 4 is 6.09 Å². The molecule has 2 N–H and O–H groups in total. The lowest BCUT2D eigenvalue weighted by atomic mass is 9.85. The second-order valence-corrected chi connectivity index (χ2v) is 7.76. The third kappa shape index (κ3) is 3.71. The molecule has 2 aromatic carbocycles. The summed E-state index contributed by atoms with van der Waals surface area (Å²) in [7, 11) is 0. The molecule has 2 aromatic rings. The van der Waals surface area contributed by atoms with Crippen LogP contribution in [0.1, 0.15) is 56.3 Å². The summed E-state index contributed by atoms with van der Waals surface area (Å²) in [6.45, 7) is 6.46. The van der Waals surface area contributed by atoms with E-state index in [9.17, 15) is 4.79 Å². The molecule has 25 heavy (non-hydrogen) atoms. The molecule has 3 rings (SSSR count). The average Bonchev–Trinajstić information content (AvgIpc) is 2.82. The molecule has 3 nitrogen and oxygen atoms in total. The van der Waals surface area contributed by atoms with Crippen LogP contribution >= 0.6 is 0 Å². The first-order valence-electron chi connectivity index (χ1n) is 9.12. The largest absolute Gasteiger partial charge is 0.465 e. The van der Waals surface area contributed by atoms with E-state index >= 15 is 0 Å². The van der Waals surface area contributed by atoms with Crippen LogP contribution in [0.2, 0.25) is 0 Å². The number of hydrogen-bond acceptors (Lipinski definition) is 1. The molecular formula is C22H27NO2. The molecule has 0 aliphatic heterocycles. The summed E-state index contributed by atoms with van der Waals surface area (Å²) in [4.78, 5) is 11.1. The highest BCUT2D eigenvalue weighted by molar-refractivity contribution is 5.68. The standard InChI is InChI=1S/C22H27NO2/c1-4-5-6-15-7-9-16(10-8-15)17-11-12-19-18(13-17)14-22(2,3)20(19)23-21(24)25/h7-13,20,23H,4-6,14H2,1-3H3,(H,24,25). The summed E-state index contributed by atoms with van der Waals surface area (Å²) in [6, 6.07) is 15.1. The van der Waals surface area contributed by atoms with E-state index in [1.165, 1.54) is 35.1 Å². The Hall–Kier alpha value is -2.29. The summed E-state index contributed by atoms with van der Waals surface area (Å²) >= 11 is 0. The minimum Gasteiger partial charge on any atom is -0.465 e. The monoisotopic (exact) mass is 337 g/mol. The predicted octanol–water partition coefficient (Wildman–Crippen LogP) is 5.59. The number of fused-ring (bicyclic) bond motifs is 1. The average molecular weight is 337 g/mol. The maximum absolute atomic E-state index is 11.1. The van der Waals surface area contributed by atoms with Gasteiger partial charge in [0, 0.05) is 0 Å². The first-order chi connectivity index (χ1) is 11.9. The van der Waals surface area contributed by atoms with Crippen molar-refractivity contribution in [1.29, 1.82) is 0 Å². The van der Waals surface area contributed by atoms with Gasteiger partial charge in [0.2, 0.25) is 0 Å². The molecule has 3 heteroatoms. The van der Waals surface area contributed by atoms with E-state index in [4.69, 9.17) is 5.11 Å². The summed E-state index contributed by atoms with van der Waals surface area (Å²) in [6.07, 6.45) is 3.50. The molecule has 0 spiro atoms. The lowest BCUT2D eigenvalue weighted by Gasteiger charge is -2.27. The molecule has 0 bridgehead atoms. The van der Waals surface area contributed by atoms with E-state index in [0.717, 1.165) is 18.4 Å². The summed E-state index contributed by atoms with van der Waals surface area (Å²) < 4.78 is 0. The fourth-order valence-electron chi connectivity index (χ4n) is 3.88. The lowest BCUT2D eigenvalue weighted by molar-refractivity contribution is 0.175. The van der Waals surface area contributed by atoms with Crippen LogP contribution in [0.4, 0.5) is 4.79 Å². The van der Waals surface area contributed by atoms with Crippen LogP contribution in [0.15, 0.2) is 42.5 Å². The number of unbranched alkanes of at least 4 members (excludes halogenated alkanes) is 1. The Labute approximate surface area is 150 Å². The minimum atomic E-state index is -0.960. The highest BCUT2D eigenvalue weighted by Crippen LogP contribution is 2.46. The van der Waals surface area contributed by atoms with Gasteiger partial charge in [-0.2, -0.15) is 0 Å². The van der Waals surface area contributed by atoms with Gasteiger partial charge < -0.3 is 10.4 Å². The molecule has 0 heterocycles. The second kappa shape index (κ2) is 6.91. The molecule has 0 fully saturated rings. The van der Waals surface area contributed by atoms with Crippen molar-refractivity contribution < 1.29 is 9.90 Å². The Morgan fingerprint density at radius 3 is 2.48 bits per heavy atom. The van der Waals surface area contributed by atoms with Crippen molar-refractivity contribution in [1.82, 2.24) is 5.32 Å². The van der Waals surface area contributed by atoms with Gasteiger partial charge in [0.1, 0.15) is 0 Å². The van der Waals surface area contributed by atoms with Gasteiger partial charge in [-0.1, -0.05) is 69.7 Å². The number of carboxylic acid groups (broad SMARTS) is 1. The van der Waals surface area contributed by atoms with Gasteiger partial charge >= 0.3 is 6.09 Å². The van der Waals surface area contributed by atoms with Crippen LogP contribution < -0.4 is 5.32 Å². The molecule has 1 atom stereocenters. The molecule has 1 aliphatic carbocycles. The Kier molecular flexibility index (Phi) is 4.85. The van der Waals surface area contributed by atoms with Gasteiger partial charge in [0.25, 0.3) is 0 Å². The van der Waals surface area contributed by atoms with E-state index in [-0.39, 0.29) is 11.5 Å². The summed E-state index contributed by atoms with van der Waals surface area (Å²) in [5, 5.41) is 11.8. The van der Waals surface area contributed by atoms with Gasteiger partial charge in [-0.15, -0.1) is 0 Å². The quantitative estimate of drug-likeness (QED) is 0.747. The predicted molar refractivity (Wildman–Crippen MR) is 102 cm³/mol. The summed E-state index contributed by atoms with van der Waals surface area (Å²) in [5.41, 5.74) is 6.05. The van der Waals surface area contributed by atoms with Crippen LogP contribution in [0.3, 0.4) is 0 Å². The molecule has 0 aromatic heterocycles. The highest BCUT2D eigenvalue weighted by atomic mass is 16.4. The van der Waals surface area contributed by atoms with E-state index in [1.807, 2.05) is 0 Å². The number of aryl methyl sites for hydroxylation is 1. The Bertz CT molecular complexity index is 762. The number of benzene rings is 2. The maximum atomic E-state index is 11.1. The topological polar surface area (TPSA) is 49.3 Å². The van der Waals surface area contributed by atoms with Crippen molar-refractivity contribution in [3.05, 3.63) is 59.2 Å². The lowest BCUT2D eigenvalue weighted by Crippen LogP contribution is -2.34. The molecule has 0 saturated heterocycles. The Morgan fingerprint density at radius 1 is 1.16 bits per heavy atom. The molecular weight excluding hydrogens is 310 g/mol. The van der Waals surface area contributed by atoms with Crippen molar-refractivity contribution in [3.63, 3.8) is 0 Å². The SMILES string of the molecule is CCCCc1ccc(-c2ccc3c(c2)CC(C)(C)C3NC(=O)O)cc1. The fourth-order valence-corrected chi connectivity index (χ4v) is 3.88. The van der Waals surface area contributed by atoms with Crippen LogP contribution in [0.5, 0.6) is 0 Å². The van der Waals surface area contributed by atoms with E-state index in [1.54, 1.807) is 0 Å². The molecule has 1 amide bonds. The number of amides is 1. The molecule has 132 valence electrons. The Morgan fingerprint density at radius 2 is 1.84 bits per heavy atom. The third-order valence-electron chi connectivity index (χ3n) is 5.26. The molecule has 0 saturated carbocycles. The van der Waals surface area contributed by atoms with Gasteiger partial charge in [-0.05, 0) is 52.5 Å². The van der Waals surface area contributed by atoms with Gasteiger partial charge in [-0.3, -0.25) is 0 Å². The Balaban J connectivity index is 1.86. The van der Waals surface area contributed by atoms with Crippen molar-refractivity contribution in [2.75, 3.05) is 0 Å². The van der Waals surface area contributed by atoms with E-state index in [2.05, 4.69) is 68.6 Å². The smallest absolute Gasteiger partial charge is 0.405 e. The van der Waals surface area contributed by atoms with E-state index in [0.29, 0.717) is 0 Å². The fraction of sp³-hybridized carbons (Fsp3) is 0.409. The highest BCUT2D eigenvalue weighted by Gasteiger charge is 2.39. The first kappa shape index (κ1) is 17.5. The number of nitrogens with one attached hydrogen (secondary N) is 1. The van der Waals surface area contributed by atoms with Crippen LogP contribution in [0.25, 0.3) is 11.1 Å². The van der Waals surface area contributed by atoms with Crippen molar-refractivity contribution in [3.8, 4) is 11.1 Å². The molecule has 1 unspecified atom stereocenters. The summed E-state index contributed by atoms with van der Waals surface area (Å²) in [5.74, 6) is 0. The molecule has 1 aliphatic rings. The zero-order chi connectivity index (χ0) is 18.0. The first-order valence-corrected chi connectivity index (χ1v) is 9.12. The van der Waals surface area contributed by atoms with Crippen LogP contribution in [0, 0.1) is 5.41 Å². The van der Waals surface area contributed by atoms with E-state index < -0.39 is 6.09 Å².